The molecule has 3 heterocycles. The lowest BCUT2D eigenvalue weighted by Gasteiger charge is -2.29. The molecule has 2 aromatic carbocycles. The molecule has 7 nitrogen and oxygen atoms in total. The zero-order valence-electron chi connectivity index (χ0n) is 18.7. The Morgan fingerprint density at radius 2 is 1.97 bits per heavy atom. The van der Waals surface area contributed by atoms with Gasteiger partial charge in [0.05, 0.1) is 28.8 Å². The minimum atomic E-state index is -0.392. The molecule has 0 bridgehead atoms. The molecule has 0 aliphatic carbocycles. The quantitative estimate of drug-likeness (QED) is 0.445. The van der Waals surface area contributed by atoms with E-state index in [1.54, 1.807) is 29.2 Å². The predicted molar refractivity (Wildman–Crippen MR) is 131 cm³/mol. The van der Waals surface area contributed by atoms with Crippen LogP contribution in [0.1, 0.15) is 21.5 Å². The van der Waals surface area contributed by atoms with Crippen LogP contribution in [0.2, 0.25) is 0 Å². The molecule has 0 unspecified atom stereocenters. The average molecular weight is 464 g/mol. The van der Waals surface area contributed by atoms with E-state index in [1.165, 1.54) is 17.6 Å². The van der Waals surface area contributed by atoms with Crippen molar-refractivity contribution < 1.29 is 13.9 Å². The van der Waals surface area contributed by atoms with Gasteiger partial charge in [-0.2, -0.15) is 0 Å². The molecule has 0 radical (unpaired) electrons. The summed E-state index contributed by atoms with van der Waals surface area (Å²) in [5, 5.41) is 0.983. The normalized spacial score (nSPS) is 14.7. The average Bonchev–Trinajstić information content (AvgIpc) is 3.24. The zero-order chi connectivity index (χ0) is 22.9. The highest BCUT2D eigenvalue weighted by atomic mass is 32.1. The highest BCUT2D eigenvalue weighted by molar-refractivity contribution is 7.22. The van der Waals surface area contributed by atoms with Gasteiger partial charge in [-0.25, -0.2) is 4.98 Å². The van der Waals surface area contributed by atoms with E-state index >= 15 is 0 Å². The molecule has 0 N–H and O–H groups in total. The zero-order valence-corrected chi connectivity index (χ0v) is 19.5. The number of thiazole rings is 1. The number of morpholine rings is 1. The van der Waals surface area contributed by atoms with E-state index in [2.05, 4.69) is 17.0 Å². The van der Waals surface area contributed by atoms with E-state index in [-0.39, 0.29) is 11.0 Å². The van der Waals surface area contributed by atoms with Crippen LogP contribution in [0.3, 0.4) is 0 Å². The van der Waals surface area contributed by atoms with Gasteiger partial charge in [-0.1, -0.05) is 29.5 Å². The van der Waals surface area contributed by atoms with Gasteiger partial charge in [0, 0.05) is 26.2 Å². The molecule has 2 aromatic heterocycles. The summed E-state index contributed by atoms with van der Waals surface area (Å²) in [7, 11) is 0. The van der Waals surface area contributed by atoms with Crippen molar-refractivity contribution in [1.29, 1.82) is 0 Å². The first-order chi connectivity index (χ1) is 16.0. The minimum Gasteiger partial charge on any atom is -0.463 e. The summed E-state index contributed by atoms with van der Waals surface area (Å²) in [6, 6.07) is 11.1. The number of anilines is 1. The van der Waals surface area contributed by atoms with Gasteiger partial charge in [0.15, 0.2) is 5.13 Å². The fraction of sp³-hybridized carbons (Fsp3) is 0.320. The van der Waals surface area contributed by atoms with Crippen molar-refractivity contribution in [2.24, 2.45) is 0 Å². The summed E-state index contributed by atoms with van der Waals surface area (Å²) in [6.45, 7) is 8.16. The van der Waals surface area contributed by atoms with Crippen molar-refractivity contribution >= 4 is 43.6 Å². The third kappa shape index (κ3) is 4.29. The molecule has 4 aromatic rings. The fourth-order valence-electron chi connectivity index (χ4n) is 4.20. The second kappa shape index (κ2) is 9.05. The Morgan fingerprint density at radius 3 is 2.79 bits per heavy atom. The highest BCUT2D eigenvalue weighted by Gasteiger charge is 2.26. The number of para-hydroxylation sites is 1. The molecule has 5 rings (SSSR count). The van der Waals surface area contributed by atoms with Crippen LogP contribution < -0.4 is 10.3 Å². The smallest absolute Gasteiger partial charge is 0.267 e. The van der Waals surface area contributed by atoms with Gasteiger partial charge in [-0.3, -0.25) is 19.4 Å². The molecule has 1 aliphatic heterocycles. The summed E-state index contributed by atoms with van der Waals surface area (Å²) in [6.07, 6.45) is 1.28. The number of ether oxygens (including phenoxy) is 1. The van der Waals surface area contributed by atoms with Crippen molar-refractivity contribution in [3.8, 4) is 0 Å². The number of aromatic nitrogens is 1. The Kier molecular flexibility index (Phi) is 5.97. The number of hydrogen-bond acceptors (Lipinski definition) is 7. The number of amides is 1. The molecule has 0 spiro atoms. The third-order valence-corrected chi connectivity index (χ3v) is 6.97. The maximum atomic E-state index is 13.7. The lowest BCUT2D eigenvalue weighted by Crippen LogP contribution is -2.44. The molecule has 0 atom stereocenters. The second-order valence-electron chi connectivity index (χ2n) is 8.31. The molecule has 1 amide bonds. The first-order valence-corrected chi connectivity index (χ1v) is 11.8. The van der Waals surface area contributed by atoms with Crippen LogP contribution in [-0.2, 0) is 4.74 Å². The molecule has 33 heavy (non-hydrogen) atoms. The summed E-state index contributed by atoms with van der Waals surface area (Å²) < 4.78 is 12.1. The van der Waals surface area contributed by atoms with Crippen LogP contribution >= 0.6 is 11.3 Å². The predicted octanol–water partition coefficient (Wildman–Crippen LogP) is 4.00. The summed E-state index contributed by atoms with van der Waals surface area (Å²) in [5.74, 6) is -0.392. The Hall–Kier alpha value is -3.07. The number of hydrogen-bond donors (Lipinski definition) is 0. The van der Waals surface area contributed by atoms with Gasteiger partial charge in [-0.05, 0) is 43.2 Å². The van der Waals surface area contributed by atoms with Gasteiger partial charge in [-0.15, -0.1) is 0 Å². The number of benzene rings is 2. The van der Waals surface area contributed by atoms with Crippen molar-refractivity contribution in [3.63, 3.8) is 0 Å². The summed E-state index contributed by atoms with van der Waals surface area (Å²) in [4.78, 5) is 35.5. The van der Waals surface area contributed by atoms with Gasteiger partial charge >= 0.3 is 0 Å². The molecular weight excluding hydrogens is 438 g/mol. The largest absolute Gasteiger partial charge is 0.463 e. The number of aryl methyl sites for hydroxylation is 2. The summed E-state index contributed by atoms with van der Waals surface area (Å²) in [5.41, 5.74) is 3.25. The number of fused-ring (bicyclic) bond motifs is 2. The Balaban J connectivity index is 1.55. The van der Waals surface area contributed by atoms with E-state index in [0.29, 0.717) is 42.4 Å². The lowest BCUT2D eigenvalue weighted by atomic mass is 10.1. The molecule has 1 fully saturated rings. The van der Waals surface area contributed by atoms with Crippen LogP contribution in [-0.4, -0.2) is 55.2 Å². The molecular formula is C25H25N3O4S. The van der Waals surface area contributed by atoms with Crippen LogP contribution in [0, 0.1) is 13.8 Å². The van der Waals surface area contributed by atoms with Crippen LogP contribution in [0.5, 0.6) is 0 Å². The number of rotatable bonds is 5. The Bertz CT molecular complexity index is 1390. The van der Waals surface area contributed by atoms with Crippen molar-refractivity contribution in [1.82, 2.24) is 9.88 Å². The molecule has 0 saturated carbocycles. The topological polar surface area (TPSA) is 75.9 Å². The second-order valence-corrected chi connectivity index (χ2v) is 9.32. The number of carbonyl (C=O) groups is 1. The molecule has 1 aliphatic rings. The van der Waals surface area contributed by atoms with Crippen LogP contribution in [0.4, 0.5) is 5.13 Å². The first-order valence-electron chi connectivity index (χ1n) is 11.0. The monoisotopic (exact) mass is 463 g/mol. The SMILES string of the molecule is Cc1cc(C)c2nc(N(CCN3CCOCC3)C(=O)c3coc4ccccc4c3=O)sc2c1. The van der Waals surface area contributed by atoms with Gasteiger partial charge in [0.25, 0.3) is 5.91 Å². The molecule has 1 saturated heterocycles. The van der Waals surface area contributed by atoms with Crippen molar-refractivity contribution in [2.45, 2.75) is 13.8 Å². The van der Waals surface area contributed by atoms with E-state index < -0.39 is 5.91 Å². The molecule has 170 valence electrons. The van der Waals surface area contributed by atoms with Gasteiger partial charge < -0.3 is 9.15 Å². The lowest BCUT2D eigenvalue weighted by molar-refractivity contribution is 0.0391. The highest BCUT2D eigenvalue weighted by Crippen LogP contribution is 2.32. The molecule has 8 heteroatoms. The minimum absolute atomic E-state index is 0.0165. The number of nitrogens with zero attached hydrogens (tertiary/aromatic N) is 3. The fourth-order valence-corrected chi connectivity index (χ4v) is 5.36. The van der Waals surface area contributed by atoms with Gasteiger partial charge in [0.2, 0.25) is 5.43 Å². The maximum absolute atomic E-state index is 13.7. The van der Waals surface area contributed by atoms with E-state index in [0.717, 1.165) is 34.4 Å². The van der Waals surface area contributed by atoms with E-state index in [9.17, 15) is 9.59 Å². The van der Waals surface area contributed by atoms with Crippen molar-refractivity contribution in [2.75, 3.05) is 44.3 Å². The van der Waals surface area contributed by atoms with E-state index in [1.807, 2.05) is 13.8 Å². The summed E-state index contributed by atoms with van der Waals surface area (Å²) >= 11 is 1.47. The van der Waals surface area contributed by atoms with Crippen molar-refractivity contribution in [3.05, 3.63) is 69.6 Å². The van der Waals surface area contributed by atoms with E-state index in [4.69, 9.17) is 14.1 Å². The van der Waals surface area contributed by atoms with Gasteiger partial charge in [0.1, 0.15) is 17.4 Å². The van der Waals surface area contributed by atoms with Crippen LogP contribution in [0.15, 0.2) is 51.9 Å². The number of carbonyl (C=O) groups excluding carboxylic acids is 1. The van der Waals surface area contributed by atoms with Crippen LogP contribution in [0.25, 0.3) is 21.2 Å². The third-order valence-electron chi connectivity index (χ3n) is 5.95. The Labute approximate surface area is 195 Å². The Morgan fingerprint density at radius 1 is 1.18 bits per heavy atom. The first kappa shape index (κ1) is 21.8. The standard InChI is InChI=1S/C25H25N3O4S/c1-16-13-17(2)22-21(14-16)33-25(26-22)28(8-7-27-9-11-31-12-10-27)24(30)19-15-32-20-6-4-3-5-18(20)23(19)29/h3-6,13-15H,7-12H2,1-2H3. The maximum Gasteiger partial charge on any atom is 0.267 e.